The molecule has 0 saturated heterocycles. The summed E-state index contributed by atoms with van der Waals surface area (Å²) in [6.07, 6.45) is 2.95. The second kappa shape index (κ2) is 4.83. The number of thiophene rings is 1. The van der Waals surface area contributed by atoms with E-state index in [1.165, 1.54) is 21.8 Å². The summed E-state index contributed by atoms with van der Waals surface area (Å²) in [4.78, 5) is 25.4. The molecule has 1 amide bonds. The van der Waals surface area contributed by atoms with Crippen molar-refractivity contribution in [2.24, 2.45) is 0 Å². The molecule has 19 heavy (non-hydrogen) atoms. The molecule has 1 saturated carbocycles. The minimum atomic E-state index is -1.02. The Balaban J connectivity index is 1.77. The first-order valence-corrected chi connectivity index (χ1v) is 8.33. The van der Waals surface area contributed by atoms with E-state index in [-0.39, 0.29) is 5.91 Å². The zero-order valence-corrected chi connectivity index (χ0v) is 12.0. The van der Waals surface area contributed by atoms with Gasteiger partial charge in [-0.2, -0.15) is 11.8 Å². The number of hydrogen-bond donors (Lipinski definition) is 2. The number of carbonyl (C=O) groups is 2. The van der Waals surface area contributed by atoms with Crippen molar-refractivity contribution >= 4 is 35.0 Å². The third-order valence-electron chi connectivity index (χ3n) is 3.82. The molecule has 102 valence electrons. The first-order valence-electron chi connectivity index (χ1n) is 6.36. The SMILES string of the molecule is O=C(NC1(C(=O)O)CCC1)c1cc2c(s1)CCSC2. The molecule has 1 aromatic heterocycles. The normalized spacial score (nSPS) is 20.2. The molecule has 1 fully saturated rings. The van der Waals surface area contributed by atoms with Crippen molar-refractivity contribution in [2.75, 3.05) is 5.75 Å². The average Bonchev–Trinajstić information content (AvgIpc) is 2.76. The predicted octanol–water partition coefficient (Wildman–Crippen LogP) is 2.27. The molecule has 0 spiro atoms. The molecule has 0 bridgehead atoms. The van der Waals surface area contributed by atoms with Gasteiger partial charge in [0.2, 0.25) is 0 Å². The molecule has 1 aromatic rings. The number of rotatable bonds is 3. The number of thioether (sulfide) groups is 1. The lowest BCUT2D eigenvalue weighted by molar-refractivity contribution is -0.148. The third kappa shape index (κ3) is 2.27. The quantitative estimate of drug-likeness (QED) is 0.898. The van der Waals surface area contributed by atoms with Crippen molar-refractivity contribution in [1.82, 2.24) is 5.32 Å². The fourth-order valence-electron chi connectivity index (χ4n) is 2.46. The van der Waals surface area contributed by atoms with Crippen LogP contribution in [0.1, 0.15) is 39.4 Å². The van der Waals surface area contributed by atoms with E-state index < -0.39 is 11.5 Å². The van der Waals surface area contributed by atoms with E-state index in [1.807, 2.05) is 17.8 Å². The predicted molar refractivity (Wildman–Crippen MR) is 75.9 cm³/mol. The van der Waals surface area contributed by atoms with Crippen molar-refractivity contribution in [3.8, 4) is 0 Å². The minimum absolute atomic E-state index is 0.230. The van der Waals surface area contributed by atoms with Gasteiger partial charge in [0.05, 0.1) is 4.88 Å². The summed E-state index contributed by atoms with van der Waals surface area (Å²) < 4.78 is 0. The number of carboxylic acids is 1. The fraction of sp³-hybridized carbons (Fsp3) is 0.538. The molecular formula is C13H15NO3S2. The molecule has 4 nitrogen and oxygen atoms in total. The maximum absolute atomic E-state index is 12.2. The van der Waals surface area contributed by atoms with Crippen LogP contribution in [0.4, 0.5) is 0 Å². The van der Waals surface area contributed by atoms with Crippen LogP contribution in [0, 0.1) is 0 Å². The van der Waals surface area contributed by atoms with Crippen molar-refractivity contribution in [1.29, 1.82) is 0 Å². The number of fused-ring (bicyclic) bond motifs is 1. The van der Waals surface area contributed by atoms with Gasteiger partial charge in [-0.3, -0.25) is 4.79 Å². The van der Waals surface area contributed by atoms with Gasteiger partial charge in [-0.05, 0) is 43.1 Å². The van der Waals surface area contributed by atoms with Gasteiger partial charge in [-0.1, -0.05) is 0 Å². The lowest BCUT2D eigenvalue weighted by Crippen LogP contribution is -2.59. The number of aryl methyl sites for hydroxylation is 1. The molecule has 2 aliphatic rings. The highest BCUT2D eigenvalue weighted by Gasteiger charge is 2.46. The van der Waals surface area contributed by atoms with Gasteiger partial charge in [-0.15, -0.1) is 11.3 Å². The van der Waals surface area contributed by atoms with Gasteiger partial charge in [0, 0.05) is 10.6 Å². The zero-order chi connectivity index (χ0) is 13.5. The van der Waals surface area contributed by atoms with Crippen molar-refractivity contribution in [3.05, 3.63) is 21.4 Å². The summed E-state index contributed by atoms with van der Waals surface area (Å²) in [6.45, 7) is 0. The van der Waals surface area contributed by atoms with Crippen LogP contribution in [0.3, 0.4) is 0 Å². The van der Waals surface area contributed by atoms with Crippen LogP contribution < -0.4 is 5.32 Å². The van der Waals surface area contributed by atoms with Gasteiger partial charge in [0.25, 0.3) is 5.91 Å². The van der Waals surface area contributed by atoms with E-state index in [4.69, 9.17) is 0 Å². The highest BCUT2D eigenvalue weighted by Crippen LogP contribution is 2.35. The van der Waals surface area contributed by atoms with E-state index in [9.17, 15) is 14.7 Å². The fourth-order valence-corrected chi connectivity index (χ4v) is 4.73. The summed E-state index contributed by atoms with van der Waals surface area (Å²) in [5.41, 5.74) is 0.223. The first-order chi connectivity index (χ1) is 9.11. The van der Waals surface area contributed by atoms with Gasteiger partial charge >= 0.3 is 5.97 Å². The number of aliphatic carboxylic acids is 1. The minimum Gasteiger partial charge on any atom is -0.480 e. The summed E-state index contributed by atoms with van der Waals surface area (Å²) in [5.74, 6) is 0.923. The van der Waals surface area contributed by atoms with Crippen LogP contribution in [0.2, 0.25) is 0 Å². The standard InChI is InChI=1S/C13H15NO3S2/c15-11(14-13(12(16)17)3-1-4-13)10-6-8-7-18-5-2-9(8)19-10/h6H,1-5,7H2,(H,14,15)(H,16,17). The Kier molecular flexibility index (Phi) is 3.30. The smallest absolute Gasteiger partial charge is 0.329 e. The lowest BCUT2D eigenvalue weighted by atomic mass is 9.77. The second-order valence-electron chi connectivity index (χ2n) is 5.06. The Morgan fingerprint density at radius 3 is 2.74 bits per heavy atom. The molecular weight excluding hydrogens is 282 g/mol. The number of carbonyl (C=O) groups excluding carboxylic acids is 1. The molecule has 2 heterocycles. The van der Waals surface area contributed by atoms with E-state index in [2.05, 4.69) is 5.32 Å². The van der Waals surface area contributed by atoms with Gasteiger partial charge < -0.3 is 10.4 Å². The van der Waals surface area contributed by atoms with E-state index >= 15 is 0 Å². The molecule has 6 heteroatoms. The van der Waals surface area contributed by atoms with Crippen molar-refractivity contribution in [2.45, 2.75) is 37.0 Å². The van der Waals surface area contributed by atoms with E-state index in [0.717, 1.165) is 24.3 Å². The Bertz CT molecular complexity index is 510. The Labute approximate surface area is 119 Å². The Morgan fingerprint density at radius 2 is 2.16 bits per heavy atom. The average molecular weight is 297 g/mol. The van der Waals surface area contributed by atoms with Crippen LogP contribution in [0.25, 0.3) is 0 Å². The highest BCUT2D eigenvalue weighted by atomic mass is 32.2. The summed E-state index contributed by atoms with van der Waals surface area (Å²) in [6, 6.07) is 1.93. The number of nitrogens with one attached hydrogen (secondary N) is 1. The van der Waals surface area contributed by atoms with Crippen LogP contribution in [0.5, 0.6) is 0 Å². The van der Waals surface area contributed by atoms with Crippen molar-refractivity contribution < 1.29 is 14.7 Å². The molecule has 0 atom stereocenters. The third-order valence-corrected chi connectivity index (χ3v) is 6.06. The van der Waals surface area contributed by atoms with E-state index in [0.29, 0.717) is 17.7 Å². The Morgan fingerprint density at radius 1 is 1.37 bits per heavy atom. The maximum Gasteiger partial charge on any atom is 0.329 e. The molecule has 1 aliphatic carbocycles. The highest BCUT2D eigenvalue weighted by molar-refractivity contribution is 7.98. The maximum atomic E-state index is 12.2. The lowest BCUT2D eigenvalue weighted by Gasteiger charge is -2.38. The summed E-state index contributed by atoms with van der Waals surface area (Å²) in [7, 11) is 0. The summed E-state index contributed by atoms with van der Waals surface area (Å²) >= 11 is 3.39. The molecule has 0 aromatic carbocycles. The monoisotopic (exact) mass is 297 g/mol. The summed E-state index contributed by atoms with van der Waals surface area (Å²) in [5, 5.41) is 11.9. The number of carboxylic acid groups (broad SMARTS) is 1. The molecule has 0 radical (unpaired) electrons. The van der Waals surface area contributed by atoms with Gasteiger partial charge in [-0.25, -0.2) is 4.79 Å². The van der Waals surface area contributed by atoms with E-state index in [1.54, 1.807) is 0 Å². The Hall–Kier alpha value is -1.01. The molecule has 2 N–H and O–H groups in total. The topological polar surface area (TPSA) is 66.4 Å². The second-order valence-corrected chi connectivity index (χ2v) is 7.30. The number of amides is 1. The first kappa shape index (κ1) is 13.0. The zero-order valence-electron chi connectivity index (χ0n) is 10.4. The molecule has 1 aliphatic heterocycles. The molecule has 3 rings (SSSR count). The van der Waals surface area contributed by atoms with Crippen LogP contribution in [-0.4, -0.2) is 28.3 Å². The van der Waals surface area contributed by atoms with Gasteiger partial charge in [0.15, 0.2) is 0 Å². The van der Waals surface area contributed by atoms with Crippen LogP contribution in [-0.2, 0) is 17.0 Å². The largest absolute Gasteiger partial charge is 0.480 e. The van der Waals surface area contributed by atoms with Crippen LogP contribution >= 0.6 is 23.1 Å². The number of hydrogen-bond acceptors (Lipinski definition) is 4. The van der Waals surface area contributed by atoms with Gasteiger partial charge in [0.1, 0.15) is 5.54 Å². The molecule has 0 unspecified atom stereocenters. The van der Waals surface area contributed by atoms with Crippen molar-refractivity contribution in [3.63, 3.8) is 0 Å². The van der Waals surface area contributed by atoms with Crippen LogP contribution in [0.15, 0.2) is 6.07 Å².